The summed E-state index contributed by atoms with van der Waals surface area (Å²) in [4.78, 5) is 59.8. The molecule has 41 heavy (non-hydrogen) atoms. The van der Waals surface area contributed by atoms with E-state index in [1.807, 2.05) is 30.3 Å². The maximum atomic E-state index is 12.9. The molecule has 4 amide bonds. The second-order valence-electron chi connectivity index (χ2n) is 9.61. The van der Waals surface area contributed by atoms with Gasteiger partial charge in [-0.25, -0.2) is 0 Å². The molecule has 1 unspecified atom stereocenters. The van der Waals surface area contributed by atoms with Crippen LogP contribution in [0.15, 0.2) is 30.3 Å². The van der Waals surface area contributed by atoms with E-state index in [4.69, 9.17) is 25.1 Å². The van der Waals surface area contributed by atoms with Crippen molar-refractivity contribution in [3.8, 4) is 0 Å². The molecule has 0 bridgehead atoms. The Morgan fingerprint density at radius 1 is 1.07 bits per heavy atom. The Kier molecular flexibility index (Phi) is 13.1. The lowest BCUT2D eigenvalue weighted by Crippen LogP contribution is -2.66. The Labute approximate surface area is 236 Å². The highest BCUT2D eigenvalue weighted by Gasteiger charge is 2.48. The number of aliphatic hydroxyl groups is 2. The van der Waals surface area contributed by atoms with E-state index in [2.05, 4.69) is 16.0 Å². The van der Waals surface area contributed by atoms with Crippen molar-refractivity contribution in [1.29, 1.82) is 0 Å². The summed E-state index contributed by atoms with van der Waals surface area (Å²) in [5.41, 5.74) is 6.02. The highest BCUT2D eigenvalue weighted by Crippen LogP contribution is 2.26. The first-order chi connectivity index (χ1) is 19.3. The van der Waals surface area contributed by atoms with Crippen molar-refractivity contribution >= 4 is 29.6 Å². The predicted octanol–water partition coefficient (Wildman–Crippen LogP) is -2.10. The molecule has 1 aliphatic heterocycles. The zero-order chi connectivity index (χ0) is 30.7. The largest absolute Gasteiger partial charge is 0.481 e. The molecular weight excluding hydrogens is 544 g/mol. The van der Waals surface area contributed by atoms with E-state index in [-0.39, 0.29) is 13.0 Å². The van der Waals surface area contributed by atoms with E-state index in [0.717, 1.165) is 5.56 Å². The molecule has 0 radical (unpaired) electrons. The minimum Gasteiger partial charge on any atom is -0.481 e. The average Bonchev–Trinajstić information content (AvgIpc) is 2.92. The monoisotopic (exact) mass is 582 g/mol. The van der Waals surface area contributed by atoms with Gasteiger partial charge in [0.2, 0.25) is 23.6 Å². The first-order valence-electron chi connectivity index (χ1n) is 13.0. The van der Waals surface area contributed by atoms with E-state index < -0.39 is 91.5 Å². The summed E-state index contributed by atoms with van der Waals surface area (Å²) >= 11 is 0. The Bertz CT molecular complexity index is 1060. The summed E-state index contributed by atoms with van der Waals surface area (Å²) < 4.78 is 17.4. The number of hydrogen-bond acceptors (Lipinski definition) is 10. The van der Waals surface area contributed by atoms with E-state index in [0.29, 0.717) is 0 Å². The number of aliphatic hydroxyl groups excluding tert-OH is 2. The third-order valence-electron chi connectivity index (χ3n) is 6.27. The van der Waals surface area contributed by atoms with Gasteiger partial charge in [0.15, 0.2) is 6.29 Å². The van der Waals surface area contributed by atoms with Crippen LogP contribution in [0.5, 0.6) is 0 Å². The summed E-state index contributed by atoms with van der Waals surface area (Å²) in [6.45, 7) is 3.37. The number of primary amides is 1. The topological polar surface area (TPSA) is 236 Å². The predicted molar refractivity (Wildman–Crippen MR) is 141 cm³/mol. The SMILES string of the molecule is CC(=O)N[C@H]1[C@@H](OCc2ccccc2)O[C@H](CO)[C@@H](O)[C@@H]1OC(C)C(=O)N[C@@H](C)C(=O)N[C@H](CCC(=O)O)C(N)=O. The molecule has 1 fully saturated rings. The van der Waals surface area contributed by atoms with Gasteiger partial charge < -0.3 is 51.2 Å². The molecule has 1 aliphatic rings. The van der Waals surface area contributed by atoms with Crippen LogP contribution in [-0.4, -0.2) is 100 Å². The molecule has 0 saturated carbocycles. The van der Waals surface area contributed by atoms with E-state index in [1.54, 1.807) is 0 Å². The number of carbonyl (C=O) groups excluding carboxylic acids is 4. The van der Waals surface area contributed by atoms with Crippen molar-refractivity contribution in [2.24, 2.45) is 5.73 Å². The fraction of sp³-hybridized carbons (Fsp3) is 0.577. The normalized spacial score (nSPS) is 24.4. The summed E-state index contributed by atoms with van der Waals surface area (Å²) in [7, 11) is 0. The lowest BCUT2D eigenvalue weighted by molar-refractivity contribution is -0.283. The Morgan fingerprint density at radius 2 is 1.73 bits per heavy atom. The average molecular weight is 583 g/mol. The zero-order valence-corrected chi connectivity index (χ0v) is 23.0. The van der Waals surface area contributed by atoms with Gasteiger partial charge >= 0.3 is 5.97 Å². The van der Waals surface area contributed by atoms with Gasteiger partial charge in [-0.2, -0.15) is 0 Å². The number of carbonyl (C=O) groups is 5. The van der Waals surface area contributed by atoms with Gasteiger partial charge in [-0.15, -0.1) is 0 Å². The van der Waals surface area contributed by atoms with Crippen LogP contribution in [0.2, 0.25) is 0 Å². The van der Waals surface area contributed by atoms with Gasteiger partial charge in [0, 0.05) is 13.3 Å². The van der Waals surface area contributed by atoms with Crippen LogP contribution in [0.3, 0.4) is 0 Å². The number of benzene rings is 1. The standard InChI is InChI=1S/C26H38N4O11/c1-13(24(37)30-17(23(27)36)9-10-19(33)34)28-25(38)14(2)40-22-20(29-15(3)32)26(41-18(11-31)21(22)35)39-12-16-7-5-4-6-8-16/h4-8,13-14,17-18,20-22,26,31,35H,9-12H2,1-3H3,(H2,27,36)(H,28,38)(H,29,32)(H,30,37)(H,33,34)/t13-,14?,17+,18+,20+,21+,22+,26-/m0/s1. The van der Waals surface area contributed by atoms with Crippen LogP contribution in [0.25, 0.3) is 0 Å². The molecular formula is C26H38N4O11. The highest BCUT2D eigenvalue weighted by atomic mass is 16.7. The smallest absolute Gasteiger partial charge is 0.303 e. The van der Waals surface area contributed by atoms with Crippen LogP contribution in [0.1, 0.15) is 39.2 Å². The van der Waals surface area contributed by atoms with Crippen molar-refractivity contribution in [3.05, 3.63) is 35.9 Å². The maximum Gasteiger partial charge on any atom is 0.303 e. The third-order valence-corrected chi connectivity index (χ3v) is 6.27. The molecule has 1 aromatic carbocycles. The van der Waals surface area contributed by atoms with Crippen LogP contribution >= 0.6 is 0 Å². The Balaban J connectivity index is 2.10. The molecule has 1 saturated heterocycles. The molecule has 8 atom stereocenters. The van der Waals surface area contributed by atoms with E-state index in [1.165, 1.54) is 20.8 Å². The minimum atomic E-state index is -1.48. The second-order valence-corrected chi connectivity index (χ2v) is 9.61. The van der Waals surface area contributed by atoms with Crippen molar-refractivity contribution in [1.82, 2.24) is 16.0 Å². The molecule has 1 heterocycles. The molecule has 2 rings (SSSR count). The number of nitrogens with two attached hydrogens (primary N) is 1. The van der Waals surface area contributed by atoms with Gasteiger partial charge in [0.25, 0.3) is 0 Å². The van der Waals surface area contributed by atoms with Crippen LogP contribution < -0.4 is 21.7 Å². The summed E-state index contributed by atoms with van der Waals surface area (Å²) in [6, 6.07) is 5.54. The summed E-state index contributed by atoms with van der Waals surface area (Å²) in [6.07, 6.45) is -7.01. The van der Waals surface area contributed by atoms with Crippen molar-refractivity contribution in [2.45, 2.75) is 89.1 Å². The first-order valence-corrected chi connectivity index (χ1v) is 13.0. The fourth-order valence-electron chi connectivity index (χ4n) is 4.06. The first kappa shape index (κ1) is 33.6. The maximum absolute atomic E-state index is 12.9. The molecule has 0 spiro atoms. The van der Waals surface area contributed by atoms with Crippen LogP contribution in [0, 0.1) is 0 Å². The van der Waals surface area contributed by atoms with Gasteiger partial charge in [-0.1, -0.05) is 30.3 Å². The number of aliphatic carboxylic acids is 1. The number of hydrogen-bond donors (Lipinski definition) is 7. The van der Waals surface area contributed by atoms with Crippen molar-refractivity contribution < 1.29 is 53.5 Å². The van der Waals surface area contributed by atoms with Gasteiger partial charge in [0.05, 0.1) is 13.2 Å². The van der Waals surface area contributed by atoms with Gasteiger partial charge in [-0.3, -0.25) is 24.0 Å². The number of amides is 4. The Hall–Kier alpha value is -3.63. The molecule has 1 aromatic rings. The number of carboxylic acids is 1. The van der Waals surface area contributed by atoms with E-state index in [9.17, 15) is 34.2 Å². The number of nitrogens with one attached hydrogen (secondary N) is 3. The quantitative estimate of drug-likeness (QED) is 0.118. The number of ether oxygens (including phenoxy) is 3. The molecule has 228 valence electrons. The molecule has 15 nitrogen and oxygen atoms in total. The fourth-order valence-corrected chi connectivity index (χ4v) is 4.06. The second kappa shape index (κ2) is 16.0. The van der Waals surface area contributed by atoms with Crippen molar-refractivity contribution in [3.63, 3.8) is 0 Å². The van der Waals surface area contributed by atoms with Crippen LogP contribution in [-0.2, 0) is 44.8 Å². The zero-order valence-electron chi connectivity index (χ0n) is 23.0. The number of carboxylic acid groups (broad SMARTS) is 1. The van der Waals surface area contributed by atoms with E-state index >= 15 is 0 Å². The summed E-state index contributed by atoms with van der Waals surface area (Å²) in [5, 5.41) is 36.8. The molecule has 0 aromatic heterocycles. The molecule has 15 heteroatoms. The minimum absolute atomic E-state index is 0.0734. The molecule has 0 aliphatic carbocycles. The number of rotatable bonds is 15. The molecule has 8 N–H and O–H groups in total. The van der Waals surface area contributed by atoms with Crippen molar-refractivity contribution in [2.75, 3.05) is 6.61 Å². The van der Waals surface area contributed by atoms with Gasteiger partial charge in [0.1, 0.15) is 42.5 Å². The Morgan fingerprint density at radius 3 is 2.29 bits per heavy atom. The lowest BCUT2D eigenvalue weighted by atomic mass is 9.96. The van der Waals surface area contributed by atoms with Gasteiger partial charge in [-0.05, 0) is 25.8 Å². The summed E-state index contributed by atoms with van der Waals surface area (Å²) in [5.74, 6) is -4.19. The lowest BCUT2D eigenvalue weighted by Gasteiger charge is -2.44. The third kappa shape index (κ3) is 10.4. The highest BCUT2D eigenvalue weighted by molar-refractivity contribution is 5.92. The van der Waals surface area contributed by atoms with Crippen LogP contribution in [0.4, 0.5) is 0 Å².